The Balaban J connectivity index is 1.75. The van der Waals surface area contributed by atoms with Gasteiger partial charge in [0.25, 0.3) is 5.56 Å². The Hall–Kier alpha value is -2.64. The van der Waals surface area contributed by atoms with E-state index in [9.17, 15) is 14.4 Å². The fourth-order valence-corrected chi connectivity index (χ4v) is 3.38. The van der Waals surface area contributed by atoms with Gasteiger partial charge in [0.2, 0.25) is 5.91 Å². The summed E-state index contributed by atoms with van der Waals surface area (Å²) in [6.07, 6.45) is 4.32. The van der Waals surface area contributed by atoms with Crippen LogP contribution in [-0.2, 0) is 17.9 Å². The summed E-state index contributed by atoms with van der Waals surface area (Å²) in [7, 11) is 0. The van der Waals surface area contributed by atoms with Crippen LogP contribution in [0.5, 0.6) is 0 Å². The number of carbonyl (C=O) groups excluding carboxylic acids is 1. The summed E-state index contributed by atoms with van der Waals surface area (Å²) >= 11 is 0. The molecule has 3 rings (SSSR count). The molecule has 8 heteroatoms. The topological polar surface area (TPSA) is 93.0 Å². The van der Waals surface area contributed by atoms with E-state index >= 15 is 0 Å². The molecular formula is C17H23N5O3. The van der Waals surface area contributed by atoms with E-state index in [0.29, 0.717) is 13.1 Å². The molecule has 1 N–H and O–H groups in total. The second-order valence-corrected chi connectivity index (χ2v) is 6.58. The molecule has 0 radical (unpaired) electrons. The molecule has 1 aliphatic rings. The van der Waals surface area contributed by atoms with Crippen LogP contribution in [0.2, 0.25) is 0 Å². The molecule has 1 fully saturated rings. The molecule has 0 saturated carbocycles. The second-order valence-electron chi connectivity index (χ2n) is 6.58. The summed E-state index contributed by atoms with van der Waals surface area (Å²) in [5.41, 5.74) is 1.01. The largest absolute Gasteiger partial charge is 0.336 e. The third kappa shape index (κ3) is 3.89. The minimum Gasteiger partial charge on any atom is -0.336 e. The van der Waals surface area contributed by atoms with Crippen molar-refractivity contribution < 1.29 is 4.79 Å². The van der Waals surface area contributed by atoms with E-state index in [2.05, 4.69) is 10.1 Å². The molecule has 1 amide bonds. The Morgan fingerprint density at radius 3 is 2.80 bits per heavy atom. The number of amides is 1. The Morgan fingerprint density at radius 2 is 2.12 bits per heavy atom. The first-order valence-electron chi connectivity index (χ1n) is 8.54. The lowest BCUT2D eigenvalue weighted by Gasteiger charge is -2.36. The molecule has 0 bridgehead atoms. The zero-order valence-electron chi connectivity index (χ0n) is 14.6. The van der Waals surface area contributed by atoms with Crippen molar-refractivity contribution in [3.05, 3.63) is 50.6 Å². The van der Waals surface area contributed by atoms with Crippen molar-refractivity contribution in [2.45, 2.75) is 52.2 Å². The van der Waals surface area contributed by atoms with Crippen molar-refractivity contribution in [3.8, 4) is 0 Å². The highest BCUT2D eigenvalue weighted by molar-refractivity contribution is 5.76. The van der Waals surface area contributed by atoms with Crippen LogP contribution in [0.25, 0.3) is 0 Å². The van der Waals surface area contributed by atoms with Gasteiger partial charge in [0.1, 0.15) is 6.54 Å². The summed E-state index contributed by atoms with van der Waals surface area (Å²) < 4.78 is 3.18. The van der Waals surface area contributed by atoms with E-state index in [0.717, 1.165) is 30.7 Å². The minimum atomic E-state index is -0.562. The molecule has 0 spiro atoms. The van der Waals surface area contributed by atoms with Gasteiger partial charge in [-0.25, -0.2) is 4.79 Å². The fourth-order valence-electron chi connectivity index (χ4n) is 3.38. The van der Waals surface area contributed by atoms with Gasteiger partial charge in [-0.2, -0.15) is 5.10 Å². The van der Waals surface area contributed by atoms with Gasteiger partial charge in [0, 0.05) is 24.5 Å². The number of rotatable bonds is 4. The van der Waals surface area contributed by atoms with Gasteiger partial charge in [-0.3, -0.25) is 23.8 Å². The van der Waals surface area contributed by atoms with E-state index in [1.807, 2.05) is 29.5 Å². The zero-order chi connectivity index (χ0) is 18.0. The Kier molecular flexibility index (Phi) is 4.87. The quantitative estimate of drug-likeness (QED) is 0.870. The number of piperidine rings is 1. The Labute approximate surface area is 145 Å². The van der Waals surface area contributed by atoms with Gasteiger partial charge >= 0.3 is 5.69 Å². The predicted octanol–water partition coefficient (Wildman–Crippen LogP) is 0.431. The van der Waals surface area contributed by atoms with Crippen LogP contribution >= 0.6 is 0 Å². The van der Waals surface area contributed by atoms with Crippen LogP contribution < -0.4 is 11.2 Å². The fraction of sp³-hybridized carbons (Fsp3) is 0.529. The zero-order valence-corrected chi connectivity index (χ0v) is 14.6. The van der Waals surface area contributed by atoms with Crippen LogP contribution in [0, 0.1) is 13.8 Å². The first-order valence-corrected chi connectivity index (χ1v) is 8.54. The molecule has 1 saturated heterocycles. The number of aromatic amines is 1. The summed E-state index contributed by atoms with van der Waals surface area (Å²) in [5, 5.41) is 4.49. The van der Waals surface area contributed by atoms with Crippen molar-refractivity contribution in [1.29, 1.82) is 0 Å². The van der Waals surface area contributed by atoms with E-state index in [1.54, 1.807) is 0 Å². The predicted molar refractivity (Wildman–Crippen MR) is 92.4 cm³/mol. The number of nitrogens with one attached hydrogen (secondary N) is 1. The molecule has 134 valence electrons. The second kappa shape index (κ2) is 7.08. The maximum atomic E-state index is 12.7. The summed E-state index contributed by atoms with van der Waals surface area (Å²) in [5.74, 6) is -0.111. The van der Waals surface area contributed by atoms with Gasteiger partial charge in [-0.15, -0.1) is 0 Å². The van der Waals surface area contributed by atoms with Crippen molar-refractivity contribution in [1.82, 2.24) is 24.2 Å². The van der Waals surface area contributed by atoms with Crippen molar-refractivity contribution in [2.24, 2.45) is 0 Å². The van der Waals surface area contributed by atoms with Crippen molar-refractivity contribution >= 4 is 5.91 Å². The first-order chi connectivity index (χ1) is 11.9. The minimum absolute atomic E-state index is 0.0662. The third-order valence-corrected chi connectivity index (χ3v) is 4.64. The van der Waals surface area contributed by atoms with Crippen LogP contribution in [0.1, 0.15) is 30.7 Å². The van der Waals surface area contributed by atoms with Gasteiger partial charge < -0.3 is 4.90 Å². The number of likely N-dealkylation sites (tertiary alicyclic amines) is 1. The van der Waals surface area contributed by atoms with Gasteiger partial charge in [0.15, 0.2) is 0 Å². The smallest absolute Gasteiger partial charge is 0.328 e. The van der Waals surface area contributed by atoms with Gasteiger partial charge in [-0.1, -0.05) is 0 Å². The number of hydrogen-bond donors (Lipinski definition) is 1. The molecule has 2 aromatic heterocycles. The first kappa shape index (κ1) is 17.2. The number of aromatic nitrogens is 4. The normalized spacial score (nSPS) is 17.7. The average Bonchev–Trinajstić information content (AvgIpc) is 2.88. The summed E-state index contributed by atoms with van der Waals surface area (Å²) in [6, 6.07) is 3.34. The lowest BCUT2D eigenvalue weighted by molar-refractivity contribution is -0.136. The standard InChI is InChI=1S/C17H23N5O3/c1-12-9-13(2)22(19-12)10-14-5-3-4-7-21(14)16(24)11-20-8-6-15(23)18-17(20)25/h6,8-9,14H,3-5,7,10-11H2,1-2H3,(H,18,23,25)/t14-/m0/s1. The van der Waals surface area contributed by atoms with Crippen LogP contribution in [0.15, 0.2) is 27.9 Å². The van der Waals surface area contributed by atoms with Crippen LogP contribution in [0.3, 0.4) is 0 Å². The number of carbonyl (C=O) groups is 1. The Bertz CT molecular complexity index is 879. The SMILES string of the molecule is Cc1cc(C)n(C[C@@H]2CCCCN2C(=O)Cn2ccc(=O)[nH]c2=O)n1. The molecule has 8 nitrogen and oxygen atoms in total. The highest BCUT2D eigenvalue weighted by Gasteiger charge is 2.27. The molecule has 1 aliphatic heterocycles. The maximum absolute atomic E-state index is 12.7. The van der Waals surface area contributed by atoms with Crippen molar-refractivity contribution in [3.63, 3.8) is 0 Å². The van der Waals surface area contributed by atoms with E-state index in [-0.39, 0.29) is 18.5 Å². The third-order valence-electron chi connectivity index (χ3n) is 4.64. The lowest BCUT2D eigenvalue weighted by Crippen LogP contribution is -2.48. The number of nitrogens with zero attached hydrogens (tertiary/aromatic N) is 4. The highest BCUT2D eigenvalue weighted by atomic mass is 16.2. The maximum Gasteiger partial charge on any atom is 0.328 e. The lowest BCUT2D eigenvalue weighted by atomic mass is 10.0. The van der Waals surface area contributed by atoms with Crippen molar-refractivity contribution in [2.75, 3.05) is 6.54 Å². The van der Waals surface area contributed by atoms with E-state index in [4.69, 9.17) is 0 Å². The van der Waals surface area contributed by atoms with E-state index < -0.39 is 11.2 Å². The molecule has 0 aromatic carbocycles. The highest BCUT2D eigenvalue weighted by Crippen LogP contribution is 2.19. The Morgan fingerprint density at radius 1 is 1.32 bits per heavy atom. The van der Waals surface area contributed by atoms with Crippen LogP contribution in [-0.4, -0.2) is 42.7 Å². The number of H-pyrrole nitrogens is 1. The average molecular weight is 345 g/mol. The van der Waals surface area contributed by atoms with Gasteiger partial charge in [-0.05, 0) is 39.2 Å². The molecule has 2 aromatic rings. The molecule has 0 aliphatic carbocycles. The van der Waals surface area contributed by atoms with E-state index in [1.165, 1.54) is 16.8 Å². The summed E-state index contributed by atoms with van der Waals surface area (Å²) in [4.78, 5) is 39.7. The molecular weight excluding hydrogens is 322 g/mol. The molecule has 0 unspecified atom stereocenters. The molecule has 3 heterocycles. The number of aryl methyl sites for hydroxylation is 2. The van der Waals surface area contributed by atoms with Gasteiger partial charge in [0.05, 0.1) is 18.3 Å². The van der Waals surface area contributed by atoms with Crippen LogP contribution in [0.4, 0.5) is 0 Å². The number of hydrogen-bond acceptors (Lipinski definition) is 4. The monoisotopic (exact) mass is 345 g/mol. The summed E-state index contributed by atoms with van der Waals surface area (Å²) in [6.45, 7) is 5.24. The molecule has 1 atom stereocenters. The molecule has 25 heavy (non-hydrogen) atoms.